The number of aryl methyl sites for hydroxylation is 1. The zero-order chi connectivity index (χ0) is 30.4. The fraction of sp³-hybridized carbons (Fsp3) is 0.355. The monoisotopic (exact) mass is 583 g/mol. The number of benzene rings is 3. The van der Waals surface area contributed by atoms with Gasteiger partial charge in [0.1, 0.15) is 24.2 Å². The molecule has 41 heavy (non-hydrogen) atoms. The maximum absolute atomic E-state index is 14.0. The van der Waals surface area contributed by atoms with Crippen LogP contribution in [-0.4, -0.2) is 49.9 Å². The van der Waals surface area contributed by atoms with Gasteiger partial charge >= 0.3 is 0 Å². The van der Waals surface area contributed by atoms with E-state index in [2.05, 4.69) is 5.32 Å². The van der Waals surface area contributed by atoms with Crippen LogP contribution in [-0.2, 0) is 26.2 Å². The normalized spacial score (nSPS) is 12.4. The minimum atomic E-state index is -4.18. The number of carbonyl (C=O) groups excluding carboxylic acids is 2. The number of hydrogen-bond acceptors (Lipinski definition) is 5. The van der Waals surface area contributed by atoms with E-state index in [0.717, 1.165) is 9.87 Å². The Balaban J connectivity index is 2.03. The van der Waals surface area contributed by atoms with Crippen molar-refractivity contribution in [3.8, 4) is 5.75 Å². The lowest BCUT2D eigenvalue weighted by atomic mass is 10.1. The van der Waals surface area contributed by atoms with Crippen LogP contribution in [0.3, 0.4) is 0 Å². The summed E-state index contributed by atoms with van der Waals surface area (Å²) in [5.41, 5.74) is 1.18. The molecule has 3 aromatic carbocycles. The first-order valence-corrected chi connectivity index (χ1v) is 14.8. The second-order valence-electron chi connectivity index (χ2n) is 10.8. The van der Waals surface area contributed by atoms with Gasteiger partial charge in [0.15, 0.2) is 0 Å². The van der Waals surface area contributed by atoms with Crippen molar-refractivity contribution in [3.63, 3.8) is 0 Å². The summed E-state index contributed by atoms with van der Waals surface area (Å²) in [6.45, 7) is 10.6. The first-order valence-electron chi connectivity index (χ1n) is 13.4. The Labute approximate surface area is 242 Å². The third-order valence-corrected chi connectivity index (χ3v) is 8.04. The second kappa shape index (κ2) is 13.2. The predicted octanol–water partition coefficient (Wildman–Crippen LogP) is 5.06. The Kier molecular flexibility index (Phi) is 10.1. The third kappa shape index (κ3) is 8.53. The highest BCUT2D eigenvalue weighted by Crippen LogP contribution is 2.27. The van der Waals surface area contributed by atoms with E-state index in [0.29, 0.717) is 17.9 Å². The predicted molar refractivity (Wildman–Crippen MR) is 158 cm³/mol. The van der Waals surface area contributed by atoms with Crippen molar-refractivity contribution in [3.05, 3.63) is 89.7 Å². The van der Waals surface area contributed by atoms with Gasteiger partial charge in [-0.2, -0.15) is 0 Å². The van der Waals surface area contributed by atoms with Crippen LogP contribution in [0.4, 0.5) is 10.1 Å². The lowest BCUT2D eigenvalue weighted by Gasteiger charge is -2.33. The summed E-state index contributed by atoms with van der Waals surface area (Å²) >= 11 is 0. The summed E-state index contributed by atoms with van der Waals surface area (Å²) in [5, 5.41) is 2.88. The number of nitrogens with one attached hydrogen (secondary N) is 1. The van der Waals surface area contributed by atoms with E-state index in [1.807, 2.05) is 34.6 Å². The van der Waals surface area contributed by atoms with Crippen LogP contribution in [0, 0.1) is 12.7 Å². The SMILES string of the molecule is CCOc1ccc(N(CC(=O)N(Cc2ccc(F)cc2)C(C)C(=O)NC(C)(C)C)S(=O)(=O)c2ccc(C)cc2)cc1. The fourth-order valence-electron chi connectivity index (χ4n) is 4.08. The molecule has 0 aromatic heterocycles. The number of anilines is 1. The van der Waals surface area contributed by atoms with E-state index in [1.165, 1.54) is 41.3 Å². The number of carbonyl (C=O) groups is 2. The minimum absolute atomic E-state index is 0.0217. The van der Waals surface area contributed by atoms with Crippen molar-refractivity contribution in [2.75, 3.05) is 17.5 Å². The van der Waals surface area contributed by atoms with Gasteiger partial charge in [0.2, 0.25) is 11.8 Å². The molecule has 3 aromatic rings. The molecule has 0 aliphatic heterocycles. The van der Waals surface area contributed by atoms with Gasteiger partial charge in [0.05, 0.1) is 17.2 Å². The van der Waals surface area contributed by atoms with E-state index in [1.54, 1.807) is 43.3 Å². The Hall–Kier alpha value is -3.92. The fourth-order valence-corrected chi connectivity index (χ4v) is 5.50. The number of halogens is 1. The first kappa shape index (κ1) is 31.6. The summed E-state index contributed by atoms with van der Waals surface area (Å²) < 4.78 is 47.9. The molecule has 2 amide bonds. The molecule has 0 saturated heterocycles. The molecule has 1 atom stereocenters. The lowest BCUT2D eigenvalue weighted by molar-refractivity contribution is -0.140. The zero-order valence-electron chi connectivity index (χ0n) is 24.3. The van der Waals surface area contributed by atoms with Crippen molar-refractivity contribution in [1.82, 2.24) is 10.2 Å². The number of ether oxygens (including phenoxy) is 1. The highest BCUT2D eigenvalue weighted by Gasteiger charge is 2.33. The average molecular weight is 584 g/mol. The summed E-state index contributed by atoms with van der Waals surface area (Å²) in [6, 6.07) is 17.4. The molecule has 1 unspecified atom stereocenters. The molecular formula is C31H38FN3O5S. The number of nitrogens with zero attached hydrogens (tertiary/aromatic N) is 2. The number of amides is 2. The molecule has 220 valence electrons. The van der Waals surface area contributed by atoms with E-state index < -0.39 is 45.8 Å². The standard InChI is InChI=1S/C31H38FN3O5S/c1-7-40-27-16-14-26(15-17-27)35(41(38,39)28-18-8-22(2)9-19-28)21-29(36)34(20-24-10-12-25(32)13-11-24)23(3)30(37)33-31(4,5)6/h8-19,23H,7,20-21H2,1-6H3,(H,33,37). The quantitative estimate of drug-likeness (QED) is 0.341. The van der Waals surface area contributed by atoms with Crippen LogP contribution >= 0.6 is 0 Å². The van der Waals surface area contributed by atoms with Crippen molar-refractivity contribution < 1.29 is 27.1 Å². The molecule has 0 saturated carbocycles. The van der Waals surface area contributed by atoms with Crippen LogP contribution in [0.15, 0.2) is 77.7 Å². The molecule has 0 radical (unpaired) electrons. The smallest absolute Gasteiger partial charge is 0.264 e. The van der Waals surface area contributed by atoms with Gasteiger partial charge in [-0.3, -0.25) is 13.9 Å². The summed E-state index contributed by atoms with van der Waals surface area (Å²) in [4.78, 5) is 28.4. The number of hydrogen-bond donors (Lipinski definition) is 1. The number of sulfonamides is 1. The van der Waals surface area contributed by atoms with E-state index in [9.17, 15) is 22.4 Å². The Bertz CT molecular complexity index is 1440. The maximum atomic E-state index is 14.0. The van der Waals surface area contributed by atoms with Gasteiger partial charge in [-0.05, 0) is 95.6 Å². The van der Waals surface area contributed by atoms with Crippen molar-refractivity contribution in [2.24, 2.45) is 0 Å². The van der Waals surface area contributed by atoms with Crippen molar-refractivity contribution in [1.29, 1.82) is 0 Å². The Morgan fingerprint density at radius 3 is 2.07 bits per heavy atom. The van der Waals surface area contributed by atoms with E-state index in [4.69, 9.17) is 4.74 Å². The van der Waals surface area contributed by atoms with Gasteiger partial charge in [-0.15, -0.1) is 0 Å². The first-order chi connectivity index (χ1) is 19.2. The Morgan fingerprint density at radius 2 is 1.54 bits per heavy atom. The van der Waals surface area contributed by atoms with Crippen LogP contribution in [0.2, 0.25) is 0 Å². The molecule has 10 heteroatoms. The van der Waals surface area contributed by atoms with Crippen LogP contribution < -0.4 is 14.4 Å². The molecule has 3 rings (SSSR count). The van der Waals surface area contributed by atoms with Gasteiger partial charge in [-0.25, -0.2) is 12.8 Å². The zero-order valence-corrected chi connectivity index (χ0v) is 25.2. The van der Waals surface area contributed by atoms with Gasteiger partial charge < -0.3 is 15.0 Å². The van der Waals surface area contributed by atoms with Crippen molar-refractivity contribution in [2.45, 2.75) is 64.6 Å². The molecule has 0 spiro atoms. The van der Waals surface area contributed by atoms with Gasteiger partial charge in [0.25, 0.3) is 10.0 Å². The van der Waals surface area contributed by atoms with Gasteiger partial charge in [0, 0.05) is 12.1 Å². The molecule has 0 fully saturated rings. The van der Waals surface area contributed by atoms with Crippen LogP contribution in [0.5, 0.6) is 5.75 Å². The molecule has 0 heterocycles. The molecule has 0 aliphatic rings. The second-order valence-corrected chi connectivity index (χ2v) is 12.7. The average Bonchev–Trinajstić information content (AvgIpc) is 2.91. The Morgan fingerprint density at radius 1 is 0.951 bits per heavy atom. The summed E-state index contributed by atoms with van der Waals surface area (Å²) in [6.07, 6.45) is 0. The molecule has 8 nitrogen and oxygen atoms in total. The topological polar surface area (TPSA) is 96.0 Å². The maximum Gasteiger partial charge on any atom is 0.264 e. The molecular weight excluding hydrogens is 545 g/mol. The third-order valence-electron chi connectivity index (χ3n) is 6.26. The molecule has 0 aliphatic carbocycles. The number of rotatable bonds is 11. The largest absolute Gasteiger partial charge is 0.494 e. The molecule has 0 bridgehead atoms. The highest BCUT2D eigenvalue weighted by molar-refractivity contribution is 7.92. The lowest BCUT2D eigenvalue weighted by Crippen LogP contribution is -2.54. The minimum Gasteiger partial charge on any atom is -0.494 e. The van der Waals surface area contributed by atoms with Crippen LogP contribution in [0.1, 0.15) is 45.7 Å². The van der Waals surface area contributed by atoms with E-state index >= 15 is 0 Å². The van der Waals surface area contributed by atoms with Gasteiger partial charge in [-0.1, -0.05) is 29.8 Å². The van der Waals surface area contributed by atoms with Crippen molar-refractivity contribution >= 4 is 27.5 Å². The highest BCUT2D eigenvalue weighted by atomic mass is 32.2. The molecule has 1 N–H and O–H groups in total. The van der Waals surface area contributed by atoms with E-state index in [-0.39, 0.29) is 17.1 Å². The summed E-state index contributed by atoms with van der Waals surface area (Å²) in [5.74, 6) is -0.880. The summed E-state index contributed by atoms with van der Waals surface area (Å²) in [7, 11) is -4.18. The van der Waals surface area contributed by atoms with Crippen LogP contribution in [0.25, 0.3) is 0 Å².